The van der Waals surface area contributed by atoms with Crippen molar-refractivity contribution in [3.63, 3.8) is 0 Å². The van der Waals surface area contributed by atoms with Crippen molar-refractivity contribution in [3.05, 3.63) is 71.8 Å². The molecule has 0 saturated carbocycles. The molecule has 5 heteroatoms. The standard InChI is InChI=1S/C22H29N3OS/c1-2-23-22(24-14-16-27(26)18-19-9-5-3-6-10-19)25-15-13-21(17-25)20-11-7-4-8-12-20/h3-12,21H,2,13-18H2,1H3,(H,23,24). The maximum absolute atomic E-state index is 12.3. The van der Waals surface area contributed by atoms with Crippen molar-refractivity contribution in [2.24, 2.45) is 4.99 Å². The Labute approximate surface area is 165 Å². The average Bonchev–Trinajstić information content (AvgIpc) is 3.19. The van der Waals surface area contributed by atoms with Crippen molar-refractivity contribution < 1.29 is 4.21 Å². The molecule has 0 amide bonds. The van der Waals surface area contributed by atoms with Crippen LogP contribution in [0.3, 0.4) is 0 Å². The fourth-order valence-corrected chi connectivity index (χ4v) is 4.46. The van der Waals surface area contributed by atoms with Gasteiger partial charge in [-0.05, 0) is 24.5 Å². The lowest BCUT2D eigenvalue weighted by Crippen LogP contribution is -2.40. The third kappa shape index (κ3) is 5.93. The van der Waals surface area contributed by atoms with E-state index in [4.69, 9.17) is 4.99 Å². The highest BCUT2D eigenvalue weighted by atomic mass is 32.2. The molecule has 1 heterocycles. The van der Waals surface area contributed by atoms with Crippen LogP contribution >= 0.6 is 0 Å². The first-order valence-electron chi connectivity index (χ1n) is 9.73. The molecule has 1 aliphatic heterocycles. The van der Waals surface area contributed by atoms with Crippen molar-refractivity contribution >= 4 is 16.8 Å². The predicted octanol–water partition coefficient (Wildman–Crippen LogP) is 3.39. The van der Waals surface area contributed by atoms with Crippen molar-refractivity contribution in [2.75, 3.05) is 31.9 Å². The van der Waals surface area contributed by atoms with Gasteiger partial charge in [-0.1, -0.05) is 60.7 Å². The molecule has 2 unspecified atom stereocenters. The fraction of sp³-hybridized carbons (Fsp3) is 0.409. The van der Waals surface area contributed by atoms with Gasteiger partial charge in [-0.2, -0.15) is 0 Å². The molecule has 1 fully saturated rings. The molecule has 1 N–H and O–H groups in total. The number of aliphatic imine (C=N–C) groups is 1. The fourth-order valence-electron chi connectivity index (χ4n) is 3.46. The Balaban J connectivity index is 1.53. The van der Waals surface area contributed by atoms with E-state index in [1.165, 1.54) is 5.56 Å². The Bertz CT molecular complexity index is 749. The highest BCUT2D eigenvalue weighted by molar-refractivity contribution is 7.84. The minimum absolute atomic E-state index is 0.558. The molecule has 0 spiro atoms. The van der Waals surface area contributed by atoms with Gasteiger partial charge in [0.2, 0.25) is 0 Å². The van der Waals surface area contributed by atoms with Gasteiger partial charge in [-0.15, -0.1) is 0 Å². The summed E-state index contributed by atoms with van der Waals surface area (Å²) in [5.41, 5.74) is 2.52. The summed E-state index contributed by atoms with van der Waals surface area (Å²) in [7, 11) is -0.883. The number of nitrogens with one attached hydrogen (secondary N) is 1. The van der Waals surface area contributed by atoms with Crippen molar-refractivity contribution in [3.8, 4) is 0 Å². The topological polar surface area (TPSA) is 44.7 Å². The lowest BCUT2D eigenvalue weighted by atomic mass is 9.99. The Hall–Kier alpha value is -2.14. The van der Waals surface area contributed by atoms with Crippen molar-refractivity contribution in [2.45, 2.75) is 25.0 Å². The summed E-state index contributed by atoms with van der Waals surface area (Å²) >= 11 is 0. The number of hydrogen-bond donors (Lipinski definition) is 1. The zero-order chi connectivity index (χ0) is 18.9. The maximum atomic E-state index is 12.3. The second kappa shape index (κ2) is 10.3. The van der Waals surface area contributed by atoms with E-state index in [2.05, 4.69) is 47.5 Å². The van der Waals surface area contributed by atoms with Gasteiger partial charge in [-0.3, -0.25) is 9.20 Å². The molecule has 0 bridgehead atoms. The van der Waals surface area contributed by atoms with E-state index in [1.54, 1.807) is 0 Å². The smallest absolute Gasteiger partial charge is 0.193 e. The second-order valence-electron chi connectivity index (χ2n) is 6.85. The summed E-state index contributed by atoms with van der Waals surface area (Å²) in [6.07, 6.45) is 1.15. The molecule has 144 valence electrons. The third-order valence-corrected chi connectivity index (χ3v) is 6.14. The molecule has 0 aromatic heterocycles. The van der Waals surface area contributed by atoms with Crippen LogP contribution in [0.5, 0.6) is 0 Å². The lowest BCUT2D eigenvalue weighted by molar-refractivity contribution is 0.487. The maximum Gasteiger partial charge on any atom is 0.193 e. The van der Waals surface area contributed by atoms with Gasteiger partial charge in [-0.25, -0.2) is 0 Å². The summed E-state index contributed by atoms with van der Waals surface area (Å²) in [6.45, 7) is 5.53. The van der Waals surface area contributed by atoms with Gasteiger partial charge in [0.05, 0.1) is 6.54 Å². The molecule has 1 saturated heterocycles. The molecule has 27 heavy (non-hydrogen) atoms. The largest absolute Gasteiger partial charge is 0.357 e. The minimum Gasteiger partial charge on any atom is -0.357 e. The Morgan fingerprint density at radius 3 is 2.56 bits per heavy atom. The van der Waals surface area contributed by atoms with Gasteiger partial charge >= 0.3 is 0 Å². The van der Waals surface area contributed by atoms with E-state index in [0.717, 1.165) is 37.6 Å². The normalized spacial score (nSPS) is 18.5. The van der Waals surface area contributed by atoms with E-state index < -0.39 is 10.8 Å². The van der Waals surface area contributed by atoms with Gasteiger partial charge in [0.1, 0.15) is 0 Å². The molecule has 2 atom stereocenters. The van der Waals surface area contributed by atoms with Crippen LogP contribution in [0.1, 0.15) is 30.4 Å². The lowest BCUT2D eigenvalue weighted by Gasteiger charge is -2.21. The average molecular weight is 384 g/mol. The predicted molar refractivity (Wildman–Crippen MR) is 115 cm³/mol. The third-order valence-electron chi connectivity index (χ3n) is 4.84. The molecule has 4 nitrogen and oxygen atoms in total. The first kappa shape index (κ1) is 19.6. The van der Waals surface area contributed by atoms with Gasteiger partial charge in [0, 0.05) is 47.9 Å². The van der Waals surface area contributed by atoms with Crippen LogP contribution in [0.2, 0.25) is 0 Å². The summed E-state index contributed by atoms with van der Waals surface area (Å²) in [6, 6.07) is 20.7. The van der Waals surface area contributed by atoms with Crippen LogP contribution in [-0.4, -0.2) is 47.0 Å². The first-order chi connectivity index (χ1) is 13.3. The summed E-state index contributed by atoms with van der Waals surface area (Å²) < 4.78 is 12.3. The van der Waals surface area contributed by atoms with Crippen LogP contribution in [0, 0.1) is 0 Å². The zero-order valence-electron chi connectivity index (χ0n) is 16.0. The molecule has 2 aromatic rings. The number of rotatable bonds is 7. The molecule has 1 aliphatic rings. The Morgan fingerprint density at radius 1 is 1.15 bits per heavy atom. The Morgan fingerprint density at radius 2 is 1.85 bits per heavy atom. The number of nitrogens with zero attached hydrogens (tertiary/aromatic N) is 2. The van der Waals surface area contributed by atoms with Crippen LogP contribution in [-0.2, 0) is 16.6 Å². The molecule has 0 aliphatic carbocycles. The first-order valence-corrected chi connectivity index (χ1v) is 11.2. The zero-order valence-corrected chi connectivity index (χ0v) is 16.8. The van der Waals surface area contributed by atoms with Crippen molar-refractivity contribution in [1.82, 2.24) is 10.2 Å². The van der Waals surface area contributed by atoms with Crippen LogP contribution in [0.25, 0.3) is 0 Å². The van der Waals surface area contributed by atoms with E-state index in [9.17, 15) is 4.21 Å². The number of benzene rings is 2. The highest BCUT2D eigenvalue weighted by Crippen LogP contribution is 2.26. The number of hydrogen-bond acceptors (Lipinski definition) is 2. The SMILES string of the molecule is CCNC(=NCCS(=O)Cc1ccccc1)N1CCC(c2ccccc2)C1. The van der Waals surface area contributed by atoms with E-state index in [1.807, 2.05) is 30.3 Å². The van der Waals surface area contributed by atoms with Crippen LogP contribution < -0.4 is 5.32 Å². The minimum atomic E-state index is -0.883. The second-order valence-corrected chi connectivity index (χ2v) is 8.43. The molecular formula is C22H29N3OS. The van der Waals surface area contributed by atoms with Crippen LogP contribution in [0.4, 0.5) is 0 Å². The quantitative estimate of drug-likeness (QED) is 0.589. The van der Waals surface area contributed by atoms with Crippen LogP contribution in [0.15, 0.2) is 65.7 Å². The van der Waals surface area contributed by atoms with Gasteiger partial charge in [0.15, 0.2) is 5.96 Å². The van der Waals surface area contributed by atoms with E-state index in [-0.39, 0.29) is 0 Å². The van der Waals surface area contributed by atoms with E-state index >= 15 is 0 Å². The summed E-state index contributed by atoms with van der Waals surface area (Å²) in [4.78, 5) is 7.08. The number of guanidine groups is 1. The molecule has 2 aromatic carbocycles. The summed E-state index contributed by atoms with van der Waals surface area (Å²) in [5.74, 6) is 2.71. The van der Waals surface area contributed by atoms with E-state index in [0.29, 0.717) is 24.0 Å². The highest BCUT2D eigenvalue weighted by Gasteiger charge is 2.25. The molecule has 0 radical (unpaired) electrons. The summed E-state index contributed by atoms with van der Waals surface area (Å²) in [5, 5.41) is 3.40. The van der Waals surface area contributed by atoms with Crippen molar-refractivity contribution in [1.29, 1.82) is 0 Å². The molecular weight excluding hydrogens is 354 g/mol. The number of likely N-dealkylation sites (tertiary alicyclic amines) is 1. The molecule has 3 rings (SSSR count). The van der Waals surface area contributed by atoms with Gasteiger partial charge in [0.25, 0.3) is 0 Å². The van der Waals surface area contributed by atoms with Gasteiger partial charge < -0.3 is 10.2 Å². The monoisotopic (exact) mass is 383 g/mol. The Kier molecular flexibility index (Phi) is 7.45.